The summed E-state index contributed by atoms with van der Waals surface area (Å²) in [6.45, 7) is 7.42. The fourth-order valence-electron chi connectivity index (χ4n) is 3.16. The van der Waals surface area contributed by atoms with Gasteiger partial charge in [0.15, 0.2) is 0 Å². The average molecular weight is 379 g/mol. The Labute approximate surface area is 159 Å². The zero-order chi connectivity index (χ0) is 18.7. The normalized spacial score (nSPS) is 19.8. The van der Waals surface area contributed by atoms with Crippen LogP contribution in [0.1, 0.15) is 25.3 Å². The first-order valence-corrected chi connectivity index (χ1v) is 9.63. The maximum absolute atomic E-state index is 12.6. The topological polar surface area (TPSA) is 64.7 Å². The first-order valence-electron chi connectivity index (χ1n) is 9.26. The number of carbonyl (C=O) groups is 2. The largest absolute Gasteiger partial charge is 0.352 e. The molecule has 26 heavy (non-hydrogen) atoms. The minimum Gasteiger partial charge on any atom is -0.352 e. The molecule has 1 aromatic rings. The van der Waals surface area contributed by atoms with Gasteiger partial charge in [0.1, 0.15) is 0 Å². The SMILES string of the molecule is Cc1c(Cl)cccc1NC(=O)[C@H](C)N1CCN(CC(=O)NC2CC2)CC1. The number of carbonyl (C=O) groups excluding carboxylic acids is 2. The van der Waals surface area contributed by atoms with Gasteiger partial charge in [0, 0.05) is 42.9 Å². The number of piperazine rings is 1. The minimum atomic E-state index is -0.226. The van der Waals surface area contributed by atoms with Crippen LogP contribution in [0.5, 0.6) is 0 Å². The summed E-state index contributed by atoms with van der Waals surface area (Å²) in [5, 5.41) is 6.65. The van der Waals surface area contributed by atoms with E-state index >= 15 is 0 Å². The van der Waals surface area contributed by atoms with Crippen LogP contribution in [0.4, 0.5) is 5.69 Å². The fraction of sp³-hybridized carbons (Fsp3) is 0.579. The summed E-state index contributed by atoms with van der Waals surface area (Å²) in [5.41, 5.74) is 1.63. The lowest BCUT2D eigenvalue weighted by molar-refractivity contribution is -0.124. The smallest absolute Gasteiger partial charge is 0.241 e. The molecule has 1 saturated heterocycles. The zero-order valence-corrected chi connectivity index (χ0v) is 16.2. The van der Waals surface area contributed by atoms with Crippen molar-refractivity contribution >= 4 is 29.1 Å². The number of nitrogens with zero attached hydrogens (tertiary/aromatic N) is 2. The number of amides is 2. The van der Waals surface area contributed by atoms with Gasteiger partial charge in [-0.25, -0.2) is 0 Å². The average Bonchev–Trinajstić information content (AvgIpc) is 3.42. The lowest BCUT2D eigenvalue weighted by Crippen LogP contribution is -2.54. The Morgan fingerprint density at radius 1 is 1.23 bits per heavy atom. The molecule has 0 spiro atoms. The van der Waals surface area contributed by atoms with Crippen molar-refractivity contribution in [1.82, 2.24) is 15.1 Å². The molecule has 1 aliphatic carbocycles. The lowest BCUT2D eigenvalue weighted by Gasteiger charge is -2.37. The van der Waals surface area contributed by atoms with Crippen LogP contribution in [0.25, 0.3) is 0 Å². The van der Waals surface area contributed by atoms with Gasteiger partial charge in [-0.15, -0.1) is 0 Å². The molecule has 3 rings (SSSR count). The van der Waals surface area contributed by atoms with Gasteiger partial charge in [-0.2, -0.15) is 0 Å². The first-order chi connectivity index (χ1) is 12.4. The molecule has 2 fully saturated rings. The van der Waals surface area contributed by atoms with Gasteiger partial charge < -0.3 is 10.6 Å². The van der Waals surface area contributed by atoms with Crippen LogP contribution in [0, 0.1) is 6.92 Å². The quantitative estimate of drug-likeness (QED) is 0.793. The molecule has 1 heterocycles. The maximum atomic E-state index is 12.6. The number of benzene rings is 1. The van der Waals surface area contributed by atoms with Gasteiger partial charge in [-0.05, 0) is 44.4 Å². The summed E-state index contributed by atoms with van der Waals surface area (Å²) >= 11 is 6.12. The van der Waals surface area contributed by atoms with Gasteiger partial charge in [-0.3, -0.25) is 19.4 Å². The number of rotatable bonds is 6. The van der Waals surface area contributed by atoms with Gasteiger partial charge >= 0.3 is 0 Å². The van der Waals surface area contributed by atoms with Crippen molar-refractivity contribution in [2.45, 2.75) is 38.8 Å². The van der Waals surface area contributed by atoms with E-state index in [4.69, 9.17) is 11.6 Å². The van der Waals surface area contributed by atoms with Gasteiger partial charge in [0.2, 0.25) is 11.8 Å². The molecule has 1 aliphatic heterocycles. The molecular weight excluding hydrogens is 352 g/mol. The summed E-state index contributed by atoms with van der Waals surface area (Å²) in [7, 11) is 0. The molecule has 0 unspecified atom stereocenters. The number of anilines is 1. The van der Waals surface area contributed by atoms with Crippen molar-refractivity contribution in [2.24, 2.45) is 0 Å². The maximum Gasteiger partial charge on any atom is 0.241 e. The van der Waals surface area contributed by atoms with E-state index in [-0.39, 0.29) is 17.9 Å². The second-order valence-electron chi connectivity index (χ2n) is 7.23. The van der Waals surface area contributed by atoms with Crippen molar-refractivity contribution in [3.63, 3.8) is 0 Å². The predicted molar refractivity (Wildman–Crippen MR) is 103 cm³/mol. The molecule has 2 aliphatic rings. The Balaban J connectivity index is 1.46. The number of nitrogens with one attached hydrogen (secondary N) is 2. The minimum absolute atomic E-state index is 0.0321. The van der Waals surface area contributed by atoms with E-state index in [0.717, 1.165) is 50.3 Å². The van der Waals surface area contributed by atoms with Crippen LogP contribution < -0.4 is 10.6 Å². The van der Waals surface area contributed by atoms with E-state index in [9.17, 15) is 9.59 Å². The summed E-state index contributed by atoms with van der Waals surface area (Å²) in [6, 6.07) is 5.69. The van der Waals surface area contributed by atoms with Gasteiger partial charge in [-0.1, -0.05) is 17.7 Å². The van der Waals surface area contributed by atoms with Crippen LogP contribution >= 0.6 is 11.6 Å². The highest BCUT2D eigenvalue weighted by atomic mass is 35.5. The summed E-state index contributed by atoms with van der Waals surface area (Å²) in [5.74, 6) is 0.0819. The molecule has 0 radical (unpaired) electrons. The third-order valence-corrected chi connectivity index (χ3v) is 5.58. The molecule has 7 heteroatoms. The number of hydrogen-bond donors (Lipinski definition) is 2. The third kappa shape index (κ3) is 4.96. The highest BCUT2D eigenvalue weighted by Crippen LogP contribution is 2.23. The molecule has 6 nitrogen and oxygen atoms in total. The first kappa shape index (κ1) is 19.1. The Hall–Kier alpha value is -1.63. The van der Waals surface area contributed by atoms with Crippen LogP contribution in [-0.2, 0) is 9.59 Å². The van der Waals surface area contributed by atoms with E-state index in [1.165, 1.54) is 0 Å². The van der Waals surface area contributed by atoms with Gasteiger partial charge in [0.25, 0.3) is 0 Å². The van der Waals surface area contributed by atoms with Crippen molar-refractivity contribution in [2.75, 3.05) is 38.0 Å². The number of halogens is 1. The molecule has 1 saturated carbocycles. The molecule has 2 N–H and O–H groups in total. The standard InChI is InChI=1S/C19H27ClN4O2/c1-13-16(20)4-3-5-17(13)22-19(26)14(2)24-10-8-23(9-11-24)12-18(25)21-15-6-7-15/h3-5,14-15H,6-12H2,1-2H3,(H,21,25)(H,22,26)/t14-/m0/s1. The fourth-order valence-corrected chi connectivity index (χ4v) is 3.33. The van der Waals surface area contributed by atoms with Crippen molar-refractivity contribution in [3.8, 4) is 0 Å². The second kappa shape index (κ2) is 8.37. The highest BCUT2D eigenvalue weighted by Gasteiger charge is 2.28. The molecular formula is C19H27ClN4O2. The third-order valence-electron chi connectivity index (χ3n) is 5.17. The van der Waals surface area contributed by atoms with Crippen LogP contribution in [0.3, 0.4) is 0 Å². The van der Waals surface area contributed by atoms with Crippen molar-refractivity contribution in [1.29, 1.82) is 0 Å². The molecule has 1 atom stereocenters. The molecule has 2 amide bonds. The zero-order valence-electron chi connectivity index (χ0n) is 15.4. The van der Waals surface area contributed by atoms with Crippen LogP contribution in [0.2, 0.25) is 5.02 Å². The summed E-state index contributed by atoms with van der Waals surface area (Å²) < 4.78 is 0. The lowest BCUT2D eigenvalue weighted by atomic mass is 10.1. The molecule has 0 aromatic heterocycles. The number of hydrogen-bond acceptors (Lipinski definition) is 4. The summed E-state index contributed by atoms with van der Waals surface area (Å²) in [6.07, 6.45) is 2.22. The highest BCUT2D eigenvalue weighted by molar-refractivity contribution is 6.31. The Morgan fingerprint density at radius 2 is 1.92 bits per heavy atom. The Kier molecular flexibility index (Phi) is 6.16. The van der Waals surface area contributed by atoms with Crippen molar-refractivity contribution < 1.29 is 9.59 Å². The van der Waals surface area contributed by atoms with E-state index in [1.54, 1.807) is 0 Å². The Morgan fingerprint density at radius 3 is 2.58 bits per heavy atom. The molecule has 1 aromatic carbocycles. The van der Waals surface area contributed by atoms with E-state index < -0.39 is 0 Å². The monoisotopic (exact) mass is 378 g/mol. The van der Waals surface area contributed by atoms with E-state index in [1.807, 2.05) is 32.0 Å². The molecule has 0 bridgehead atoms. The van der Waals surface area contributed by atoms with Gasteiger partial charge in [0.05, 0.1) is 12.6 Å². The van der Waals surface area contributed by atoms with Crippen molar-refractivity contribution in [3.05, 3.63) is 28.8 Å². The summed E-state index contributed by atoms with van der Waals surface area (Å²) in [4.78, 5) is 28.8. The van der Waals surface area contributed by atoms with E-state index in [0.29, 0.717) is 17.6 Å². The molecule has 142 valence electrons. The van der Waals surface area contributed by atoms with E-state index in [2.05, 4.69) is 20.4 Å². The van der Waals surface area contributed by atoms with Crippen LogP contribution in [0.15, 0.2) is 18.2 Å². The second-order valence-corrected chi connectivity index (χ2v) is 7.64. The Bertz CT molecular complexity index is 670. The predicted octanol–water partition coefficient (Wildman–Crippen LogP) is 1.87. The van der Waals surface area contributed by atoms with Crippen LogP contribution in [-0.4, -0.2) is 66.4 Å².